The standard InChI is InChI=1S/C25H32N2O2/c1-18-14-19(2)25(20(3)15-18)27(21(4)28)17-24(29)26-12-10-23(11-13-26)16-22-8-6-5-7-9-22/h5-9,14-15,23H,10-13,16-17H2,1-4H3. The van der Waals surface area contributed by atoms with Gasteiger partial charge in [0.15, 0.2) is 0 Å². The number of likely N-dealkylation sites (tertiary alicyclic amines) is 1. The third kappa shape index (κ3) is 5.26. The van der Waals surface area contributed by atoms with Gasteiger partial charge < -0.3 is 9.80 Å². The molecule has 0 radical (unpaired) electrons. The quantitative estimate of drug-likeness (QED) is 0.754. The van der Waals surface area contributed by atoms with Crippen LogP contribution in [0, 0.1) is 26.7 Å². The van der Waals surface area contributed by atoms with Gasteiger partial charge in [-0.15, -0.1) is 0 Å². The Bertz CT molecular complexity index is 845. The summed E-state index contributed by atoms with van der Waals surface area (Å²) in [6.07, 6.45) is 3.11. The zero-order chi connectivity index (χ0) is 21.0. The Morgan fingerprint density at radius 2 is 1.59 bits per heavy atom. The highest BCUT2D eigenvalue weighted by Crippen LogP contribution is 2.27. The van der Waals surface area contributed by atoms with E-state index in [1.165, 1.54) is 18.1 Å². The number of carbonyl (C=O) groups is 2. The highest BCUT2D eigenvalue weighted by Gasteiger charge is 2.26. The van der Waals surface area contributed by atoms with Gasteiger partial charge in [0.2, 0.25) is 11.8 Å². The van der Waals surface area contributed by atoms with E-state index in [9.17, 15) is 9.59 Å². The van der Waals surface area contributed by atoms with Crippen LogP contribution in [0.5, 0.6) is 0 Å². The summed E-state index contributed by atoms with van der Waals surface area (Å²) in [7, 11) is 0. The van der Waals surface area contributed by atoms with E-state index in [4.69, 9.17) is 0 Å². The maximum Gasteiger partial charge on any atom is 0.242 e. The molecule has 2 aromatic carbocycles. The molecule has 0 aliphatic carbocycles. The summed E-state index contributed by atoms with van der Waals surface area (Å²) in [5.74, 6) is 0.567. The van der Waals surface area contributed by atoms with Crippen molar-refractivity contribution in [3.8, 4) is 0 Å². The summed E-state index contributed by atoms with van der Waals surface area (Å²) in [4.78, 5) is 28.9. The average Bonchev–Trinajstić information content (AvgIpc) is 2.67. The Kier molecular flexibility index (Phi) is 6.73. The number of piperidine rings is 1. The fourth-order valence-corrected chi connectivity index (χ4v) is 4.52. The maximum absolute atomic E-state index is 13.0. The molecule has 29 heavy (non-hydrogen) atoms. The molecule has 1 fully saturated rings. The summed E-state index contributed by atoms with van der Waals surface area (Å²) >= 11 is 0. The van der Waals surface area contributed by atoms with Crippen molar-refractivity contribution in [2.75, 3.05) is 24.5 Å². The monoisotopic (exact) mass is 392 g/mol. The first-order valence-electron chi connectivity index (χ1n) is 10.5. The Labute approximate surface area is 174 Å². The molecule has 1 saturated heterocycles. The largest absolute Gasteiger partial charge is 0.341 e. The number of benzene rings is 2. The molecule has 0 aromatic heterocycles. The predicted octanol–water partition coefficient (Wildman–Crippen LogP) is 4.45. The number of hydrogen-bond donors (Lipinski definition) is 0. The molecule has 0 atom stereocenters. The Morgan fingerprint density at radius 1 is 1.00 bits per heavy atom. The average molecular weight is 393 g/mol. The second kappa shape index (κ2) is 9.25. The van der Waals surface area contributed by atoms with Gasteiger partial charge >= 0.3 is 0 Å². The van der Waals surface area contributed by atoms with Gasteiger partial charge in [0.25, 0.3) is 0 Å². The molecule has 4 heteroatoms. The summed E-state index contributed by atoms with van der Waals surface area (Å²) in [6, 6.07) is 14.7. The summed E-state index contributed by atoms with van der Waals surface area (Å²) in [5.41, 5.74) is 5.47. The number of amides is 2. The predicted molar refractivity (Wildman–Crippen MR) is 118 cm³/mol. The van der Waals surface area contributed by atoms with Gasteiger partial charge in [-0.2, -0.15) is 0 Å². The van der Waals surface area contributed by atoms with E-state index in [0.29, 0.717) is 5.92 Å². The lowest BCUT2D eigenvalue weighted by Gasteiger charge is -2.34. The fourth-order valence-electron chi connectivity index (χ4n) is 4.52. The van der Waals surface area contributed by atoms with Crippen LogP contribution in [0.4, 0.5) is 5.69 Å². The normalized spacial score (nSPS) is 14.7. The topological polar surface area (TPSA) is 40.6 Å². The van der Waals surface area contributed by atoms with Gasteiger partial charge in [-0.3, -0.25) is 9.59 Å². The molecule has 0 N–H and O–H groups in total. The first-order valence-corrected chi connectivity index (χ1v) is 10.5. The molecule has 3 rings (SSSR count). The Balaban J connectivity index is 1.62. The lowest BCUT2D eigenvalue weighted by atomic mass is 9.90. The number of aryl methyl sites for hydroxylation is 3. The van der Waals surface area contributed by atoms with Crippen LogP contribution in [0.15, 0.2) is 42.5 Å². The molecular weight excluding hydrogens is 360 g/mol. The van der Waals surface area contributed by atoms with Gasteiger partial charge in [0, 0.05) is 20.0 Å². The lowest BCUT2D eigenvalue weighted by molar-refractivity contribution is -0.132. The Hall–Kier alpha value is -2.62. The van der Waals surface area contributed by atoms with Crippen LogP contribution in [-0.2, 0) is 16.0 Å². The van der Waals surface area contributed by atoms with Crippen molar-refractivity contribution in [3.63, 3.8) is 0 Å². The van der Waals surface area contributed by atoms with E-state index in [1.54, 1.807) is 4.90 Å². The minimum absolute atomic E-state index is 0.0396. The molecule has 154 valence electrons. The van der Waals surface area contributed by atoms with E-state index in [2.05, 4.69) is 36.4 Å². The Morgan fingerprint density at radius 3 is 2.14 bits per heavy atom. The smallest absolute Gasteiger partial charge is 0.242 e. The van der Waals surface area contributed by atoms with E-state index >= 15 is 0 Å². The van der Waals surface area contributed by atoms with Crippen LogP contribution in [0.25, 0.3) is 0 Å². The number of carbonyl (C=O) groups excluding carboxylic acids is 2. The first kappa shape index (κ1) is 21.1. The summed E-state index contributed by atoms with van der Waals surface area (Å²) < 4.78 is 0. The van der Waals surface area contributed by atoms with E-state index < -0.39 is 0 Å². The van der Waals surface area contributed by atoms with Crippen LogP contribution in [0.3, 0.4) is 0 Å². The van der Waals surface area contributed by atoms with Crippen molar-refractivity contribution in [1.29, 1.82) is 0 Å². The highest BCUT2D eigenvalue weighted by atomic mass is 16.2. The number of hydrogen-bond acceptors (Lipinski definition) is 2. The third-order valence-electron chi connectivity index (χ3n) is 5.91. The van der Waals surface area contributed by atoms with Crippen molar-refractivity contribution in [3.05, 3.63) is 64.7 Å². The van der Waals surface area contributed by atoms with Crippen molar-refractivity contribution in [2.24, 2.45) is 5.92 Å². The van der Waals surface area contributed by atoms with Gasteiger partial charge in [-0.05, 0) is 62.6 Å². The minimum Gasteiger partial charge on any atom is -0.341 e. The molecule has 1 aliphatic rings. The van der Waals surface area contributed by atoms with E-state index in [-0.39, 0.29) is 18.4 Å². The molecule has 2 amide bonds. The number of rotatable bonds is 5. The summed E-state index contributed by atoms with van der Waals surface area (Å²) in [5, 5.41) is 0. The van der Waals surface area contributed by atoms with Crippen LogP contribution in [-0.4, -0.2) is 36.3 Å². The van der Waals surface area contributed by atoms with Crippen molar-refractivity contribution in [1.82, 2.24) is 4.90 Å². The molecule has 1 heterocycles. The highest BCUT2D eigenvalue weighted by molar-refractivity contribution is 5.98. The molecule has 2 aromatic rings. The van der Waals surface area contributed by atoms with Gasteiger partial charge in [0.1, 0.15) is 6.54 Å². The van der Waals surface area contributed by atoms with Crippen molar-refractivity contribution < 1.29 is 9.59 Å². The zero-order valence-corrected chi connectivity index (χ0v) is 18.1. The van der Waals surface area contributed by atoms with Crippen LogP contribution in [0.2, 0.25) is 0 Å². The van der Waals surface area contributed by atoms with Crippen molar-refractivity contribution >= 4 is 17.5 Å². The van der Waals surface area contributed by atoms with Gasteiger partial charge in [-0.1, -0.05) is 48.0 Å². The second-order valence-electron chi connectivity index (χ2n) is 8.37. The van der Waals surface area contributed by atoms with Crippen LogP contribution < -0.4 is 4.90 Å². The minimum atomic E-state index is -0.0904. The molecule has 0 saturated carbocycles. The molecule has 4 nitrogen and oxygen atoms in total. The second-order valence-corrected chi connectivity index (χ2v) is 8.37. The van der Waals surface area contributed by atoms with Crippen LogP contribution in [0.1, 0.15) is 42.0 Å². The van der Waals surface area contributed by atoms with Crippen LogP contribution >= 0.6 is 0 Å². The van der Waals surface area contributed by atoms with Gasteiger partial charge in [-0.25, -0.2) is 0 Å². The molecule has 0 bridgehead atoms. The maximum atomic E-state index is 13.0. The SMILES string of the molecule is CC(=O)N(CC(=O)N1CCC(Cc2ccccc2)CC1)c1c(C)cc(C)cc1C. The number of nitrogens with zero attached hydrogens (tertiary/aromatic N) is 2. The molecule has 0 spiro atoms. The van der Waals surface area contributed by atoms with Gasteiger partial charge in [0.05, 0.1) is 5.69 Å². The molecule has 1 aliphatic heterocycles. The fraction of sp³-hybridized carbons (Fsp3) is 0.440. The summed E-state index contributed by atoms with van der Waals surface area (Å²) in [6.45, 7) is 9.26. The van der Waals surface area contributed by atoms with Crippen molar-refractivity contribution in [2.45, 2.75) is 47.0 Å². The zero-order valence-electron chi connectivity index (χ0n) is 18.1. The molecule has 0 unspecified atom stereocenters. The van der Waals surface area contributed by atoms with E-state index in [0.717, 1.165) is 49.2 Å². The lowest BCUT2D eigenvalue weighted by Crippen LogP contribution is -2.46. The molecular formula is C25H32N2O2. The third-order valence-corrected chi connectivity index (χ3v) is 5.91. The number of anilines is 1. The first-order chi connectivity index (χ1) is 13.8. The van der Waals surface area contributed by atoms with E-state index in [1.807, 2.05) is 31.7 Å².